The fraction of sp³-hybridized carbons (Fsp3) is 0.400. The summed E-state index contributed by atoms with van der Waals surface area (Å²) in [5.74, 6) is 0. The van der Waals surface area contributed by atoms with Crippen molar-refractivity contribution in [3.63, 3.8) is 0 Å². The van der Waals surface area contributed by atoms with Crippen molar-refractivity contribution in [2.24, 2.45) is 7.05 Å². The van der Waals surface area contributed by atoms with Gasteiger partial charge in [0, 0.05) is 13.6 Å². The van der Waals surface area contributed by atoms with Crippen molar-refractivity contribution in [2.45, 2.75) is 19.9 Å². The van der Waals surface area contributed by atoms with E-state index in [9.17, 15) is 0 Å². The third kappa shape index (κ3) is 1.52. The molecular formula is C10H14N4S. The van der Waals surface area contributed by atoms with Gasteiger partial charge in [0.1, 0.15) is 5.52 Å². The van der Waals surface area contributed by atoms with Gasteiger partial charge in [-0.3, -0.25) is 4.68 Å². The Morgan fingerprint density at radius 2 is 2.33 bits per heavy atom. The van der Waals surface area contributed by atoms with E-state index in [1.807, 2.05) is 24.7 Å². The van der Waals surface area contributed by atoms with Crippen molar-refractivity contribution < 1.29 is 0 Å². The molecule has 0 amide bonds. The number of imidazole rings is 1. The maximum Gasteiger partial charge on any atom is 0.179 e. The summed E-state index contributed by atoms with van der Waals surface area (Å²) in [4.78, 5) is 3.19. The molecule has 0 saturated carbocycles. The van der Waals surface area contributed by atoms with Crippen LogP contribution in [0.5, 0.6) is 0 Å². The Hall–Kier alpha value is -1.36. The summed E-state index contributed by atoms with van der Waals surface area (Å²) in [5, 5.41) is 4.35. The van der Waals surface area contributed by atoms with Crippen LogP contribution in [-0.2, 0) is 13.6 Å². The topological polar surface area (TPSA) is 38.5 Å². The number of aromatic amines is 1. The molecule has 0 aliphatic rings. The average Bonchev–Trinajstić information content (AvgIpc) is 2.64. The van der Waals surface area contributed by atoms with Crippen LogP contribution in [-0.4, -0.2) is 19.3 Å². The van der Waals surface area contributed by atoms with Gasteiger partial charge < -0.3 is 9.55 Å². The molecule has 80 valence electrons. The number of aryl methyl sites for hydroxylation is 3. The van der Waals surface area contributed by atoms with Gasteiger partial charge in [-0.15, -0.1) is 6.58 Å². The summed E-state index contributed by atoms with van der Waals surface area (Å²) >= 11 is 5.27. The van der Waals surface area contributed by atoms with Crippen LogP contribution in [0.1, 0.15) is 12.1 Å². The minimum absolute atomic E-state index is 0.753. The number of hydrogen-bond donors (Lipinski definition) is 1. The number of nitrogens with one attached hydrogen (secondary N) is 1. The minimum Gasteiger partial charge on any atom is -0.328 e. The maximum absolute atomic E-state index is 5.27. The van der Waals surface area contributed by atoms with Gasteiger partial charge in [0.15, 0.2) is 10.4 Å². The van der Waals surface area contributed by atoms with Crippen LogP contribution in [0.25, 0.3) is 11.2 Å². The first kappa shape index (κ1) is 10.2. The Kier molecular flexibility index (Phi) is 2.48. The second kappa shape index (κ2) is 3.66. The predicted molar refractivity (Wildman–Crippen MR) is 63.4 cm³/mol. The first-order valence-corrected chi connectivity index (χ1v) is 5.29. The second-order valence-corrected chi connectivity index (χ2v) is 3.95. The van der Waals surface area contributed by atoms with Crippen LogP contribution in [0.15, 0.2) is 12.7 Å². The van der Waals surface area contributed by atoms with Gasteiger partial charge in [-0.1, -0.05) is 6.08 Å². The normalized spacial score (nSPS) is 11.1. The van der Waals surface area contributed by atoms with Crippen LogP contribution in [0.3, 0.4) is 0 Å². The van der Waals surface area contributed by atoms with Crippen LogP contribution in [0.2, 0.25) is 0 Å². The van der Waals surface area contributed by atoms with E-state index in [1.165, 1.54) is 0 Å². The lowest BCUT2D eigenvalue weighted by Gasteiger charge is -2.01. The lowest BCUT2D eigenvalue weighted by molar-refractivity contribution is 0.673. The van der Waals surface area contributed by atoms with Crippen LogP contribution in [0, 0.1) is 11.7 Å². The summed E-state index contributed by atoms with van der Waals surface area (Å²) in [6.45, 7) is 6.54. The van der Waals surface area contributed by atoms with Gasteiger partial charge in [-0.2, -0.15) is 5.10 Å². The van der Waals surface area contributed by atoms with Crippen molar-refractivity contribution in [1.82, 2.24) is 19.3 Å². The monoisotopic (exact) mass is 222 g/mol. The van der Waals surface area contributed by atoms with Gasteiger partial charge in [0.25, 0.3) is 0 Å². The van der Waals surface area contributed by atoms with Gasteiger partial charge >= 0.3 is 0 Å². The molecule has 2 rings (SSSR count). The fourth-order valence-corrected chi connectivity index (χ4v) is 2.08. The Bertz CT molecular complexity index is 558. The number of hydrogen-bond acceptors (Lipinski definition) is 2. The Morgan fingerprint density at radius 3 is 3.00 bits per heavy atom. The molecule has 0 bridgehead atoms. The van der Waals surface area contributed by atoms with Crippen molar-refractivity contribution >= 4 is 23.4 Å². The Balaban J connectivity index is 2.65. The molecule has 1 N–H and O–H groups in total. The van der Waals surface area contributed by atoms with E-state index in [-0.39, 0.29) is 0 Å². The summed E-state index contributed by atoms with van der Waals surface area (Å²) < 4.78 is 4.68. The molecule has 0 saturated heterocycles. The van der Waals surface area contributed by atoms with E-state index in [0.29, 0.717) is 0 Å². The SMILES string of the molecule is C=CCCn1c(=S)[nH]c2c(C)nn(C)c21. The molecule has 5 heteroatoms. The molecule has 4 nitrogen and oxygen atoms in total. The van der Waals surface area contributed by atoms with Gasteiger partial charge in [0.2, 0.25) is 0 Å². The van der Waals surface area contributed by atoms with Crippen LogP contribution >= 0.6 is 12.2 Å². The van der Waals surface area contributed by atoms with Gasteiger partial charge in [-0.05, 0) is 25.6 Å². The molecule has 0 aliphatic carbocycles. The quantitative estimate of drug-likeness (QED) is 0.639. The molecule has 2 aromatic rings. The lowest BCUT2D eigenvalue weighted by Crippen LogP contribution is -2.02. The molecule has 15 heavy (non-hydrogen) atoms. The first-order valence-electron chi connectivity index (χ1n) is 4.88. The number of rotatable bonds is 3. The number of nitrogens with zero attached hydrogens (tertiary/aromatic N) is 3. The molecule has 0 spiro atoms. The molecule has 0 aliphatic heterocycles. The number of fused-ring (bicyclic) bond motifs is 1. The largest absolute Gasteiger partial charge is 0.328 e. The lowest BCUT2D eigenvalue weighted by atomic mass is 10.4. The molecule has 2 heterocycles. The molecule has 0 fully saturated rings. The smallest absolute Gasteiger partial charge is 0.179 e. The molecule has 0 radical (unpaired) electrons. The zero-order chi connectivity index (χ0) is 11.0. The zero-order valence-electron chi connectivity index (χ0n) is 8.95. The Morgan fingerprint density at radius 1 is 1.60 bits per heavy atom. The standard InChI is InChI=1S/C10H14N4S/c1-4-5-6-14-9-8(11-10(14)15)7(2)12-13(9)3/h4H,1,5-6H2,2-3H3,(H,11,15). The van der Waals surface area contributed by atoms with Crippen molar-refractivity contribution in [2.75, 3.05) is 0 Å². The molecule has 0 aromatic carbocycles. The highest BCUT2D eigenvalue weighted by Crippen LogP contribution is 2.17. The molecule has 2 aromatic heterocycles. The highest BCUT2D eigenvalue weighted by molar-refractivity contribution is 7.71. The number of aromatic nitrogens is 4. The van der Waals surface area contributed by atoms with E-state index in [2.05, 4.69) is 21.2 Å². The number of allylic oxidation sites excluding steroid dienone is 1. The molecule has 0 atom stereocenters. The first-order chi connectivity index (χ1) is 7.15. The van der Waals surface area contributed by atoms with Gasteiger partial charge in [-0.25, -0.2) is 0 Å². The van der Waals surface area contributed by atoms with Crippen molar-refractivity contribution in [3.8, 4) is 0 Å². The highest BCUT2D eigenvalue weighted by atomic mass is 32.1. The van der Waals surface area contributed by atoms with E-state index in [4.69, 9.17) is 12.2 Å². The predicted octanol–water partition coefficient (Wildman–Crippen LogP) is 2.32. The summed E-state index contributed by atoms with van der Waals surface area (Å²) in [6.07, 6.45) is 2.80. The second-order valence-electron chi connectivity index (χ2n) is 3.57. The van der Waals surface area contributed by atoms with Crippen LogP contribution < -0.4 is 0 Å². The third-order valence-corrected chi connectivity index (χ3v) is 2.80. The molecule has 0 unspecified atom stereocenters. The van der Waals surface area contributed by atoms with E-state index in [1.54, 1.807) is 0 Å². The summed E-state index contributed by atoms with van der Waals surface area (Å²) in [7, 11) is 1.93. The van der Waals surface area contributed by atoms with Crippen LogP contribution in [0.4, 0.5) is 0 Å². The van der Waals surface area contributed by atoms with E-state index < -0.39 is 0 Å². The fourth-order valence-electron chi connectivity index (χ4n) is 1.80. The maximum atomic E-state index is 5.27. The minimum atomic E-state index is 0.753. The summed E-state index contributed by atoms with van der Waals surface area (Å²) in [6, 6.07) is 0. The average molecular weight is 222 g/mol. The highest BCUT2D eigenvalue weighted by Gasteiger charge is 2.11. The summed E-state index contributed by atoms with van der Waals surface area (Å²) in [5.41, 5.74) is 3.07. The van der Waals surface area contributed by atoms with Crippen molar-refractivity contribution in [3.05, 3.63) is 23.1 Å². The van der Waals surface area contributed by atoms with Crippen molar-refractivity contribution in [1.29, 1.82) is 0 Å². The Labute approximate surface area is 93.2 Å². The third-order valence-electron chi connectivity index (χ3n) is 2.48. The van der Waals surface area contributed by atoms with E-state index in [0.717, 1.165) is 34.6 Å². The van der Waals surface area contributed by atoms with E-state index >= 15 is 0 Å². The van der Waals surface area contributed by atoms with Gasteiger partial charge in [0.05, 0.1) is 5.69 Å². The number of H-pyrrole nitrogens is 1. The zero-order valence-corrected chi connectivity index (χ0v) is 9.77. The molecular weight excluding hydrogens is 208 g/mol.